The Morgan fingerprint density at radius 3 is 1.08 bits per heavy atom. The molecule has 672 valence electrons. The van der Waals surface area contributed by atoms with Gasteiger partial charge in [-0.05, 0) is 93.5 Å². The molecule has 6 amide bonds. The van der Waals surface area contributed by atoms with Crippen molar-refractivity contribution >= 4 is 122 Å². The van der Waals surface area contributed by atoms with Crippen LogP contribution >= 0.6 is 22.7 Å². The zero-order chi connectivity index (χ0) is 92.5. The fraction of sp³-hybridized carbons (Fsp3) is 0.363. The molecule has 0 radical (unpaired) electrons. The molecule has 10 heterocycles. The van der Waals surface area contributed by atoms with Crippen LogP contribution in [0.3, 0.4) is 0 Å². The quantitative estimate of drug-likeness (QED) is 0.0187. The van der Waals surface area contributed by atoms with E-state index in [9.17, 15) is 72.2 Å². The number of anilines is 1. The summed E-state index contributed by atoms with van der Waals surface area (Å²) in [6, 6.07) is 38.4. The van der Waals surface area contributed by atoms with Crippen molar-refractivity contribution in [2.24, 2.45) is 22.1 Å². The molecule has 0 bridgehead atoms. The third kappa shape index (κ3) is 15.8. The van der Waals surface area contributed by atoms with Gasteiger partial charge in [-0.15, -0.1) is 22.7 Å². The predicted octanol–water partition coefficient (Wildman–Crippen LogP) is 9.45. The van der Waals surface area contributed by atoms with E-state index in [-0.39, 0.29) is 80.3 Å². The highest BCUT2D eigenvalue weighted by Crippen LogP contribution is 2.54. The molecule has 2 aliphatic carbocycles. The Morgan fingerprint density at radius 2 is 0.785 bits per heavy atom. The third-order valence-electron chi connectivity index (χ3n) is 22.5. The van der Waals surface area contributed by atoms with Crippen LogP contribution in [-0.4, -0.2) is 194 Å². The number of nitrogens with two attached hydrogens (primary N) is 1. The summed E-state index contributed by atoms with van der Waals surface area (Å²) >= 11 is 2.22. The summed E-state index contributed by atoms with van der Waals surface area (Å²) in [7, 11) is 0. The van der Waals surface area contributed by atoms with Crippen molar-refractivity contribution in [2.75, 3.05) is 18.9 Å². The predicted molar refractivity (Wildman–Crippen MR) is 448 cm³/mol. The Bertz CT molecular complexity index is 6000. The number of carboxylic acids is 1. The molecule has 3 N–H and O–H groups in total. The van der Waals surface area contributed by atoms with Crippen molar-refractivity contribution in [3.63, 3.8) is 0 Å². The van der Waals surface area contributed by atoms with Gasteiger partial charge in [-0.25, -0.2) is 38.7 Å². The van der Waals surface area contributed by atoms with Crippen molar-refractivity contribution in [3.8, 4) is 23.0 Å². The Labute approximate surface area is 747 Å². The first kappa shape index (κ1) is 87.9. The van der Waals surface area contributed by atoms with Crippen molar-refractivity contribution in [1.82, 2.24) is 29.9 Å². The molecule has 8 aromatic rings. The number of oxime groups is 2. The van der Waals surface area contributed by atoms with Crippen LogP contribution in [0.1, 0.15) is 194 Å². The van der Waals surface area contributed by atoms with E-state index in [0.717, 1.165) is 11.3 Å². The highest BCUT2D eigenvalue weighted by molar-refractivity contribution is 7.13. The van der Waals surface area contributed by atoms with E-state index in [0.29, 0.717) is 60.0 Å². The summed E-state index contributed by atoms with van der Waals surface area (Å²) in [5, 5.41) is 22.2. The SMILES string of the molecule is CC(C)(C)OC(=O)C1(N2OC[C@H](CC(=O)/C(=N\OC3(C(=O)O)CC3)c3csc(N)n3)C2=O)C[C@H](N2C(=O)c3cc4c(cc3C2=O)OC(c2ccccc2)(c2ccccc2)O4)C(=O)O1.Cc1nc(/C(=N/OC2(C(=O)OC(C)(C)C)CC2)C(=O)C[C@H]2CON(C3(C(=O)OC(C)(C)C)C[C@H](N4C(=O)c5cc6c(cc5C4=O)OC(c4ccccc4)(c4ccccc4)O6)C(=O)O3)C2=O)cs1. The van der Waals surface area contributed by atoms with E-state index in [1.807, 2.05) is 121 Å². The lowest BCUT2D eigenvalue weighted by atomic mass is 9.97. The average molecular weight is 1810 g/mol. The van der Waals surface area contributed by atoms with Crippen LogP contribution in [-0.2, 0) is 103 Å². The lowest BCUT2D eigenvalue weighted by Crippen LogP contribution is -2.57. The summed E-state index contributed by atoms with van der Waals surface area (Å²) < 4.78 is 54.2. The summed E-state index contributed by atoms with van der Waals surface area (Å²) in [5.74, 6) is -18.8. The first-order chi connectivity index (χ1) is 61.6. The Hall–Kier alpha value is -14.2. The molecule has 18 rings (SSSR count). The maximum Gasteiger partial charge on any atom is 0.375 e. The number of cyclic esters (lactones) is 2. The number of ether oxygens (including phenoxy) is 9. The Balaban J connectivity index is 0.000000183. The van der Waals surface area contributed by atoms with Gasteiger partial charge in [0.05, 0.1) is 65.2 Å². The molecule has 130 heavy (non-hydrogen) atoms. The van der Waals surface area contributed by atoms with E-state index in [2.05, 4.69) is 20.3 Å². The van der Waals surface area contributed by atoms with E-state index >= 15 is 0 Å². The van der Waals surface area contributed by atoms with Gasteiger partial charge in [0, 0.05) is 71.5 Å². The molecule has 4 saturated heterocycles. The highest BCUT2D eigenvalue weighted by Gasteiger charge is 2.69. The maximum atomic E-state index is 14.4. The molecule has 6 fully saturated rings. The number of Topliss-reactive ketones (excluding diaryl/α,β-unsaturated/α-hetero) is 2. The standard InChI is InChI=1S/C48H46N4O14S.C43H37N5O14S/c1-26-49-32(25-67-26)37(50-66-46(18-19-46)42(58)64-44(2,3)4)34(53)20-27-24-60-52(38(27)54)47(43(59)65-45(5,6)7)23-33(41(57)63-47)51-39(55)30-21-35-36(22-31(30)40(51)56)62-48(61-35,28-14-10-8-11-15-28)29-16-12-9-13-17-29;1-40(2,3)61-38(56)42(48-33(50)22(20-57-48)16-29(49)32(27-21-63-39(44)45-27)46-62-41(14-15-41)37(54)55)19-28(36(53)60-42)47-34(51)25-17-30-31(18-26(25)35(47)52)59-43(58-30,23-10-6-4-7-11-23)24-12-8-5-9-13-24/h8-17,21-22,25,27,33H,18-20,23-24H2,1-7H3;4-13,17-18,21-22,28H,14-16,19-20H2,1-3H3,(H2,44,45)(H,54,55)/b50-37-;46-32-/t27-,33-,47?;22-,28-,42?/m00/s1. The fourth-order valence-corrected chi connectivity index (χ4v) is 17.0. The van der Waals surface area contributed by atoms with Crippen molar-refractivity contribution in [1.29, 1.82) is 0 Å². The minimum absolute atomic E-state index is 0.0271. The molecule has 39 heteroatoms. The molecule has 6 aromatic carbocycles. The van der Waals surface area contributed by atoms with Crippen LogP contribution < -0.4 is 24.7 Å². The number of amides is 6. The summed E-state index contributed by atoms with van der Waals surface area (Å²) in [6.45, 7) is 15.1. The second kappa shape index (κ2) is 32.2. The molecule has 8 aliphatic heterocycles. The van der Waals surface area contributed by atoms with E-state index < -0.39 is 202 Å². The van der Waals surface area contributed by atoms with Gasteiger partial charge in [-0.2, -0.15) is 10.1 Å². The minimum atomic E-state index is -2.67. The number of aryl methyl sites for hydroxylation is 1. The molecule has 0 spiro atoms. The number of carbonyl (C=O) groups is 14. The highest BCUT2D eigenvalue weighted by atomic mass is 32.1. The van der Waals surface area contributed by atoms with Crippen LogP contribution in [0.4, 0.5) is 5.13 Å². The summed E-state index contributed by atoms with van der Waals surface area (Å²) in [6.07, 6.45) is -1.83. The number of fused-ring (bicyclic) bond motifs is 4. The van der Waals surface area contributed by atoms with Gasteiger partial charge >= 0.3 is 58.8 Å². The molecule has 37 nitrogen and oxygen atoms in total. The van der Waals surface area contributed by atoms with Crippen molar-refractivity contribution in [2.45, 2.75) is 184 Å². The molecule has 6 atom stereocenters. The number of nitrogens with zero attached hydrogens (tertiary/aromatic N) is 8. The zero-order valence-corrected chi connectivity index (χ0v) is 73.0. The molecule has 2 aromatic heterocycles. The number of imide groups is 2. The van der Waals surface area contributed by atoms with E-state index in [1.54, 1.807) is 53.8 Å². The molecule has 2 unspecified atom stereocenters. The number of rotatable bonds is 24. The number of aromatic nitrogens is 2. The summed E-state index contributed by atoms with van der Waals surface area (Å²) in [4.78, 5) is 227. The fourth-order valence-electron chi connectivity index (χ4n) is 15.8. The molecule has 10 aliphatic rings. The van der Waals surface area contributed by atoms with Gasteiger partial charge in [0.2, 0.25) is 11.2 Å². The molecular formula is C91H83N9O28S2. The summed E-state index contributed by atoms with van der Waals surface area (Å²) in [5.41, 5.74) is -4.16. The van der Waals surface area contributed by atoms with Gasteiger partial charge in [0.15, 0.2) is 51.1 Å². The Kier molecular flexibility index (Phi) is 21.8. The number of esters is 5. The van der Waals surface area contributed by atoms with Gasteiger partial charge in [-0.1, -0.05) is 132 Å². The van der Waals surface area contributed by atoms with Crippen molar-refractivity contribution < 1.29 is 134 Å². The number of ketones is 2. The Morgan fingerprint density at radius 1 is 0.462 bits per heavy atom. The van der Waals surface area contributed by atoms with Gasteiger partial charge < -0.3 is 63.1 Å². The number of hydroxylamine groups is 4. The largest absolute Gasteiger partial charge is 0.478 e. The second-order valence-electron chi connectivity index (χ2n) is 35.3. The molecule has 2 saturated carbocycles. The number of nitrogen functional groups attached to an aromatic ring is 1. The first-order valence-corrected chi connectivity index (χ1v) is 43.0. The monoisotopic (exact) mass is 1810 g/mol. The van der Waals surface area contributed by atoms with Crippen LogP contribution in [0.15, 0.2) is 167 Å². The number of aliphatic carboxylic acids is 1. The van der Waals surface area contributed by atoms with Gasteiger partial charge in [0.1, 0.15) is 40.3 Å². The number of carbonyl (C=O) groups excluding carboxylic acids is 13. The minimum Gasteiger partial charge on any atom is -0.478 e. The van der Waals surface area contributed by atoms with Crippen molar-refractivity contribution in [3.05, 3.63) is 217 Å². The smallest absolute Gasteiger partial charge is 0.375 e. The zero-order valence-electron chi connectivity index (χ0n) is 71.3. The lowest BCUT2D eigenvalue weighted by Gasteiger charge is -2.35. The molecular weight excluding hydrogens is 1730 g/mol. The van der Waals surface area contributed by atoms with E-state index in [1.165, 1.54) is 61.8 Å². The third-order valence-corrected chi connectivity index (χ3v) is 23.9. The number of benzene rings is 6. The van der Waals surface area contributed by atoms with E-state index in [4.69, 9.17) is 67.7 Å². The number of thiazole rings is 2. The van der Waals surface area contributed by atoms with Gasteiger partial charge in [0.25, 0.3) is 35.4 Å². The second-order valence-corrected chi connectivity index (χ2v) is 37.2. The van der Waals surface area contributed by atoms with Crippen LogP contribution in [0.5, 0.6) is 23.0 Å². The number of carboxylic acid groups (broad SMARTS) is 1. The number of hydrogen-bond acceptors (Lipinski definition) is 34. The average Bonchev–Trinajstić information content (AvgIpc) is 1.56. The maximum absolute atomic E-state index is 14.4. The first-order valence-electron chi connectivity index (χ1n) is 41.2. The topological polar surface area (TPSA) is 469 Å². The van der Waals surface area contributed by atoms with Gasteiger partial charge in [-0.3, -0.25) is 57.8 Å². The van der Waals surface area contributed by atoms with Crippen LogP contribution in [0, 0.1) is 18.8 Å². The van der Waals surface area contributed by atoms with Crippen LogP contribution in [0.2, 0.25) is 0 Å². The lowest BCUT2D eigenvalue weighted by molar-refractivity contribution is -0.263. The normalized spacial score (nSPS) is 22.9. The van der Waals surface area contributed by atoms with Crippen LogP contribution in [0.25, 0.3) is 0 Å². The number of hydrogen-bond donors (Lipinski definition) is 2.